The molecule has 0 aliphatic carbocycles. The highest BCUT2D eigenvalue weighted by molar-refractivity contribution is 6.06. The minimum absolute atomic E-state index is 0.0372. The first-order valence-corrected chi connectivity index (χ1v) is 19.3. The summed E-state index contributed by atoms with van der Waals surface area (Å²) in [5.41, 5.74) is 0.531. The van der Waals surface area contributed by atoms with Crippen LogP contribution >= 0.6 is 0 Å². The number of ether oxygens (including phenoxy) is 4. The van der Waals surface area contributed by atoms with Gasteiger partial charge in [-0.1, -0.05) is 19.1 Å². The molecule has 294 valence electrons. The van der Waals surface area contributed by atoms with Gasteiger partial charge in [-0.15, -0.1) is 0 Å². The summed E-state index contributed by atoms with van der Waals surface area (Å²) in [5.74, 6) is 0.355. The van der Waals surface area contributed by atoms with E-state index in [1.54, 1.807) is 29.4 Å². The van der Waals surface area contributed by atoms with Crippen LogP contribution in [0.5, 0.6) is 11.8 Å². The number of fused-ring (bicyclic) bond motifs is 11. The highest BCUT2D eigenvalue weighted by Gasteiger charge is 2.48. The van der Waals surface area contributed by atoms with E-state index in [-0.39, 0.29) is 56.2 Å². The van der Waals surface area contributed by atoms with Crippen molar-refractivity contribution in [2.45, 2.75) is 83.2 Å². The number of anilines is 1. The highest BCUT2D eigenvalue weighted by atomic mass is 19.1. The average molecular weight is 767 g/mol. The number of nitrogens with zero attached hydrogens (tertiary/aromatic N) is 6. The molecule has 0 unspecified atom stereocenters. The number of halogens is 1. The predicted molar refractivity (Wildman–Crippen MR) is 206 cm³/mol. The van der Waals surface area contributed by atoms with Crippen LogP contribution in [-0.2, 0) is 31.2 Å². The van der Waals surface area contributed by atoms with Crippen LogP contribution in [0.4, 0.5) is 10.2 Å². The Hall–Kier alpha value is -5.37. The van der Waals surface area contributed by atoms with Gasteiger partial charge in [-0.2, -0.15) is 0 Å². The maximum Gasteiger partial charge on any atom is 0.329 e. The van der Waals surface area contributed by atoms with E-state index in [9.17, 15) is 9.59 Å². The molecule has 4 atom stereocenters. The lowest BCUT2D eigenvalue weighted by Gasteiger charge is -2.42. The quantitative estimate of drug-likeness (QED) is 0.183. The first-order valence-electron chi connectivity index (χ1n) is 19.3. The van der Waals surface area contributed by atoms with E-state index in [2.05, 4.69) is 4.98 Å². The van der Waals surface area contributed by atoms with Crippen molar-refractivity contribution in [2.75, 3.05) is 44.9 Å². The first kappa shape index (κ1) is 37.5. The number of aromatic nitrogens is 4. The molecular formula is C42H47FN6O7. The van der Waals surface area contributed by atoms with Gasteiger partial charge in [-0.3, -0.25) is 4.79 Å². The van der Waals surface area contributed by atoms with Crippen LogP contribution in [0.25, 0.3) is 33.2 Å². The summed E-state index contributed by atoms with van der Waals surface area (Å²) >= 11 is 0. The standard InChI is InChI=1S/C42H47FN6O7/c1-25-23-48-17-15-42(25,43)30-20-26(28-11-8-16-44-38(28)52-5)22-45-39(30)54-27-21-31(40(51)56-41(2,3)4)49(24-27)37-36-35(29-10-6-7-12-32(29)55-36)46-33(47-37)14-19-53-18-9-13-34(48)50/h6-8,10-12,16,20,22,25,27,31H,9,13-15,17-19,21,23-24H2,1-5H3/t25-,27-,31-,42+/m0/s1. The molecule has 14 heteroatoms. The maximum atomic E-state index is 17.9. The number of benzene rings is 1. The van der Waals surface area contributed by atoms with E-state index >= 15 is 4.39 Å². The molecule has 1 amide bonds. The summed E-state index contributed by atoms with van der Waals surface area (Å²) in [6.45, 7) is 8.65. The average Bonchev–Trinajstić information content (AvgIpc) is 3.78. The van der Waals surface area contributed by atoms with Crippen molar-refractivity contribution in [3.8, 4) is 22.9 Å². The number of rotatable bonds is 3. The summed E-state index contributed by atoms with van der Waals surface area (Å²) in [6, 6.07) is 12.2. The van der Waals surface area contributed by atoms with Crippen molar-refractivity contribution >= 4 is 39.8 Å². The number of methoxy groups -OCH3 is 1. The van der Waals surface area contributed by atoms with Gasteiger partial charge in [-0.05, 0) is 57.5 Å². The molecule has 1 aromatic carbocycles. The molecule has 4 aliphatic rings. The number of pyridine rings is 2. The molecular weight excluding hydrogens is 719 g/mol. The Morgan fingerprint density at radius 1 is 1.05 bits per heavy atom. The van der Waals surface area contributed by atoms with Crippen LogP contribution in [-0.4, -0.2) is 94.4 Å². The maximum absolute atomic E-state index is 17.9. The summed E-state index contributed by atoms with van der Waals surface area (Å²) < 4.78 is 48.5. The number of carbonyl (C=O) groups excluding carboxylic acids is 2. The van der Waals surface area contributed by atoms with Gasteiger partial charge in [0.05, 0.1) is 25.8 Å². The number of furan rings is 1. The summed E-state index contributed by atoms with van der Waals surface area (Å²) in [6.07, 6.45) is 4.07. The SMILES string of the molecule is COc1ncccc1-c1cnc2c(c1)[C@@]1(F)CCN(C[C@@H]1C)C(=O)CCCOCCc1nc(c3oc4ccccc4c3n1)N1C[C@H](C[C@H]1C(=O)OC(C)(C)C)O2. The Balaban J connectivity index is 1.25. The van der Waals surface area contributed by atoms with Gasteiger partial charge in [0.1, 0.15) is 40.3 Å². The summed E-state index contributed by atoms with van der Waals surface area (Å²) in [7, 11) is 1.53. The largest absolute Gasteiger partial charge is 0.481 e. The van der Waals surface area contributed by atoms with E-state index in [0.29, 0.717) is 71.4 Å². The number of hydrogen-bond acceptors (Lipinski definition) is 12. The van der Waals surface area contributed by atoms with Crippen LogP contribution in [0.15, 0.2) is 59.3 Å². The van der Waals surface area contributed by atoms with Crippen molar-refractivity contribution < 1.29 is 37.3 Å². The summed E-state index contributed by atoms with van der Waals surface area (Å²) in [5, 5.41) is 0.814. The predicted octanol–water partition coefficient (Wildman–Crippen LogP) is 6.60. The Kier molecular flexibility index (Phi) is 10.0. The molecule has 8 heterocycles. The number of hydrogen-bond donors (Lipinski definition) is 0. The topological polar surface area (TPSA) is 142 Å². The van der Waals surface area contributed by atoms with E-state index in [1.165, 1.54) is 7.11 Å². The van der Waals surface area contributed by atoms with Gasteiger partial charge < -0.3 is 33.2 Å². The molecule has 2 saturated heterocycles. The van der Waals surface area contributed by atoms with Gasteiger partial charge >= 0.3 is 5.97 Å². The number of para-hydroxylation sites is 1. The molecule has 0 spiro atoms. The third kappa shape index (κ3) is 7.22. The lowest BCUT2D eigenvalue weighted by molar-refractivity contribution is -0.156. The third-order valence-corrected chi connectivity index (χ3v) is 10.8. The van der Waals surface area contributed by atoms with Gasteiger partial charge in [-0.25, -0.2) is 29.1 Å². The second-order valence-electron chi connectivity index (χ2n) is 15.9. The molecule has 56 heavy (non-hydrogen) atoms. The summed E-state index contributed by atoms with van der Waals surface area (Å²) in [4.78, 5) is 50.0. The first-order chi connectivity index (χ1) is 26.9. The lowest BCUT2D eigenvalue weighted by Crippen LogP contribution is -2.49. The van der Waals surface area contributed by atoms with E-state index in [4.69, 9.17) is 38.3 Å². The fourth-order valence-electron chi connectivity index (χ4n) is 8.05. The van der Waals surface area contributed by atoms with Crippen molar-refractivity contribution in [3.63, 3.8) is 0 Å². The van der Waals surface area contributed by atoms with Gasteiger partial charge in [0.15, 0.2) is 11.4 Å². The third-order valence-electron chi connectivity index (χ3n) is 10.8. The highest BCUT2D eigenvalue weighted by Crippen LogP contribution is 2.47. The van der Waals surface area contributed by atoms with Crippen LogP contribution in [0.2, 0.25) is 0 Å². The lowest BCUT2D eigenvalue weighted by atomic mass is 9.78. The van der Waals surface area contributed by atoms with Crippen molar-refractivity contribution in [3.05, 3.63) is 66.2 Å². The van der Waals surface area contributed by atoms with E-state index in [1.807, 2.05) is 62.9 Å². The van der Waals surface area contributed by atoms with Crippen LogP contribution in [0, 0.1) is 5.92 Å². The molecule has 0 radical (unpaired) electrons. The number of amides is 1. The van der Waals surface area contributed by atoms with Crippen molar-refractivity contribution in [2.24, 2.45) is 5.92 Å². The Morgan fingerprint density at radius 3 is 2.70 bits per heavy atom. The van der Waals surface area contributed by atoms with Gasteiger partial charge in [0, 0.05) is 80.2 Å². The minimum Gasteiger partial charge on any atom is -0.481 e. The van der Waals surface area contributed by atoms with Gasteiger partial charge in [0.2, 0.25) is 17.7 Å². The smallest absolute Gasteiger partial charge is 0.329 e. The number of carbonyl (C=O) groups is 2. The van der Waals surface area contributed by atoms with Gasteiger partial charge in [0.25, 0.3) is 0 Å². The number of piperidine rings is 1. The number of esters is 1. The van der Waals surface area contributed by atoms with Crippen molar-refractivity contribution in [1.29, 1.82) is 0 Å². The zero-order chi connectivity index (χ0) is 39.2. The van der Waals surface area contributed by atoms with Crippen LogP contribution in [0.1, 0.15) is 64.8 Å². The fourth-order valence-corrected chi connectivity index (χ4v) is 8.05. The second-order valence-corrected chi connectivity index (χ2v) is 15.9. The van der Waals surface area contributed by atoms with Crippen molar-refractivity contribution in [1.82, 2.24) is 24.8 Å². The molecule has 9 rings (SSSR count). The van der Waals surface area contributed by atoms with E-state index in [0.717, 1.165) is 5.39 Å². The van der Waals surface area contributed by atoms with Crippen LogP contribution in [0.3, 0.4) is 0 Å². The molecule has 0 saturated carbocycles. The Bertz CT molecular complexity index is 2280. The zero-order valence-corrected chi connectivity index (χ0v) is 32.4. The Labute approximate surface area is 324 Å². The fraction of sp³-hybridized carbons (Fsp3) is 0.476. The molecule has 13 nitrogen and oxygen atoms in total. The second kappa shape index (κ2) is 14.9. The molecule has 6 bridgehead atoms. The minimum atomic E-state index is -1.90. The Morgan fingerprint density at radius 2 is 1.89 bits per heavy atom. The van der Waals surface area contributed by atoms with Crippen LogP contribution < -0.4 is 14.4 Å². The molecule has 4 aliphatic heterocycles. The molecule has 4 aromatic heterocycles. The van der Waals surface area contributed by atoms with E-state index < -0.39 is 35.3 Å². The monoisotopic (exact) mass is 766 g/mol. The normalized spacial score (nSPS) is 23.5. The molecule has 2 fully saturated rings. The molecule has 0 N–H and O–H groups in total. The zero-order valence-electron chi connectivity index (χ0n) is 32.4. The molecule has 5 aromatic rings. The number of alkyl halides is 1.